The summed E-state index contributed by atoms with van der Waals surface area (Å²) in [6.07, 6.45) is 2.41. The number of phenols is 1. The van der Waals surface area contributed by atoms with Gasteiger partial charge in [0.2, 0.25) is 0 Å². The molecule has 0 saturated carbocycles. The second kappa shape index (κ2) is 6.59. The first-order valence-electron chi connectivity index (χ1n) is 7.77. The predicted octanol–water partition coefficient (Wildman–Crippen LogP) is 2.19. The monoisotopic (exact) mass is 333 g/mol. The lowest BCUT2D eigenvalue weighted by Crippen LogP contribution is -2.41. The molecule has 1 aromatic rings. The van der Waals surface area contributed by atoms with Crippen molar-refractivity contribution < 1.29 is 23.9 Å². The molecule has 1 saturated heterocycles. The standard InChI is InChI=1S/C17H24BNO5/c1-16(2)17(3,4)24-18(23-16)13(9-19)6-11-8-15(22-5)14(21)7-12(11)10-20/h6-8,10,21H,9,19H2,1-5H3. The zero-order valence-electron chi connectivity index (χ0n) is 14.8. The highest BCUT2D eigenvalue weighted by Gasteiger charge is 2.52. The third kappa shape index (κ3) is 3.33. The number of phenolic OH excluding ortho intramolecular Hbond substituents is 1. The Bertz CT molecular complexity index is 653. The van der Waals surface area contributed by atoms with E-state index in [-0.39, 0.29) is 18.0 Å². The Morgan fingerprint density at radius 3 is 2.29 bits per heavy atom. The van der Waals surface area contributed by atoms with E-state index in [1.54, 1.807) is 12.1 Å². The summed E-state index contributed by atoms with van der Waals surface area (Å²) in [5.74, 6) is 0.179. The van der Waals surface area contributed by atoms with Gasteiger partial charge in [0.05, 0.1) is 18.3 Å². The number of methoxy groups -OCH3 is 1. The van der Waals surface area contributed by atoms with Crippen LogP contribution >= 0.6 is 0 Å². The molecule has 6 nitrogen and oxygen atoms in total. The number of hydrogen-bond donors (Lipinski definition) is 2. The van der Waals surface area contributed by atoms with E-state index in [0.29, 0.717) is 22.9 Å². The van der Waals surface area contributed by atoms with Gasteiger partial charge in [0, 0.05) is 12.1 Å². The van der Waals surface area contributed by atoms with Gasteiger partial charge in [-0.2, -0.15) is 0 Å². The molecule has 2 rings (SSSR count). The van der Waals surface area contributed by atoms with Crippen LogP contribution in [0.25, 0.3) is 6.08 Å². The van der Waals surface area contributed by atoms with E-state index in [4.69, 9.17) is 19.8 Å². The van der Waals surface area contributed by atoms with Crippen LogP contribution in [0.1, 0.15) is 43.6 Å². The van der Waals surface area contributed by atoms with Crippen molar-refractivity contribution in [2.24, 2.45) is 5.73 Å². The molecule has 1 heterocycles. The second-order valence-corrected chi connectivity index (χ2v) is 6.78. The van der Waals surface area contributed by atoms with Crippen molar-refractivity contribution in [3.8, 4) is 11.5 Å². The summed E-state index contributed by atoms with van der Waals surface area (Å²) >= 11 is 0. The Morgan fingerprint density at radius 2 is 1.83 bits per heavy atom. The molecule has 3 N–H and O–H groups in total. The van der Waals surface area contributed by atoms with E-state index in [1.165, 1.54) is 13.2 Å². The topological polar surface area (TPSA) is 91.0 Å². The zero-order chi connectivity index (χ0) is 18.1. The molecule has 0 aliphatic carbocycles. The quantitative estimate of drug-likeness (QED) is 0.634. The van der Waals surface area contributed by atoms with Gasteiger partial charge in [-0.3, -0.25) is 4.79 Å². The van der Waals surface area contributed by atoms with Crippen LogP contribution < -0.4 is 10.5 Å². The zero-order valence-corrected chi connectivity index (χ0v) is 14.8. The van der Waals surface area contributed by atoms with Gasteiger partial charge < -0.3 is 24.9 Å². The molecule has 0 amide bonds. The average molecular weight is 333 g/mol. The molecule has 1 fully saturated rings. The van der Waals surface area contributed by atoms with Crippen LogP contribution in [0.3, 0.4) is 0 Å². The van der Waals surface area contributed by atoms with Crippen LogP contribution in [-0.2, 0) is 9.31 Å². The maximum atomic E-state index is 11.3. The molecule has 0 bridgehead atoms. The minimum atomic E-state index is -0.598. The predicted molar refractivity (Wildman–Crippen MR) is 93.2 cm³/mol. The number of hydrogen-bond acceptors (Lipinski definition) is 6. The van der Waals surface area contributed by atoms with E-state index in [9.17, 15) is 9.90 Å². The number of benzene rings is 1. The van der Waals surface area contributed by atoms with Crippen molar-refractivity contribution in [2.75, 3.05) is 13.7 Å². The fourth-order valence-electron chi connectivity index (χ4n) is 2.41. The summed E-state index contributed by atoms with van der Waals surface area (Å²) in [4.78, 5) is 11.3. The molecule has 7 heteroatoms. The average Bonchev–Trinajstić information content (AvgIpc) is 2.73. The molecule has 24 heavy (non-hydrogen) atoms. The summed E-state index contributed by atoms with van der Waals surface area (Å²) in [6.45, 7) is 8.05. The first-order chi connectivity index (χ1) is 11.1. The van der Waals surface area contributed by atoms with Crippen molar-refractivity contribution in [3.05, 3.63) is 28.7 Å². The molecular weight excluding hydrogens is 309 g/mol. The van der Waals surface area contributed by atoms with Crippen molar-refractivity contribution >= 4 is 19.5 Å². The van der Waals surface area contributed by atoms with Crippen LogP contribution in [0.2, 0.25) is 0 Å². The first-order valence-corrected chi connectivity index (χ1v) is 7.77. The summed E-state index contributed by atoms with van der Waals surface area (Å²) in [5, 5.41) is 9.81. The van der Waals surface area contributed by atoms with Crippen LogP contribution in [0.15, 0.2) is 17.6 Å². The first kappa shape index (κ1) is 18.5. The summed E-state index contributed by atoms with van der Waals surface area (Å²) in [7, 11) is 0.848. The molecule has 0 spiro atoms. The highest BCUT2D eigenvalue weighted by atomic mass is 16.7. The lowest BCUT2D eigenvalue weighted by molar-refractivity contribution is 0.00578. The van der Waals surface area contributed by atoms with Gasteiger partial charge in [-0.25, -0.2) is 0 Å². The summed E-state index contributed by atoms with van der Waals surface area (Å²) in [6, 6.07) is 2.94. The number of carbonyl (C=O) groups excluding carboxylic acids is 1. The third-order valence-electron chi connectivity index (χ3n) is 4.64. The maximum Gasteiger partial charge on any atom is 0.491 e. The Hall–Kier alpha value is -1.83. The number of aldehydes is 1. The number of nitrogens with two attached hydrogens (primary N) is 1. The molecule has 0 radical (unpaired) electrons. The van der Waals surface area contributed by atoms with E-state index in [2.05, 4.69) is 0 Å². The highest BCUT2D eigenvalue weighted by molar-refractivity contribution is 6.56. The highest BCUT2D eigenvalue weighted by Crippen LogP contribution is 2.39. The Balaban J connectivity index is 2.43. The van der Waals surface area contributed by atoms with E-state index in [0.717, 1.165) is 0 Å². The summed E-state index contributed by atoms with van der Waals surface area (Å²) in [5.41, 5.74) is 6.52. The third-order valence-corrected chi connectivity index (χ3v) is 4.64. The Labute approximate surface area is 142 Å². The van der Waals surface area contributed by atoms with E-state index >= 15 is 0 Å². The Morgan fingerprint density at radius 1 is 1.25 bits per heavy atom. The lowest BCUT2D eigenvalue weighted by Gasteiger charge is -2.32. The van der Waals surface area contributed by atoms with Crippen LogP contribution in [0, 0.1) is 0 Å². The molecule has 1 aromatic carbocycles. The van der Waals surface area contributed by atoms with Crippen molar-refractivity contribution in [1.29, 1.82) is 0 Å². The lowest BCUT2D eigenvalue weighted by atomic mass is 9.77. The van der Waals surface area contributed by atoms with Crippen LogP contribution in [0.4, 0.5) is 0 Å². The van der Waals surface area contributed by atoms with Crippen molar-refractivity contribution in [1.82, 2.24) is 0 Å². The van der Waals surface area contributed by atoms with Gasteiger partial charge in [-0.1, -0.05) is 6.08 Å². The van der Waals surface area contributed by atoms with Gasteiger partial charge in [0.15, 0.2) is 17.8 Å². The molecule has 0 aromatic heterocycles. The van der Waals surface area contributed by atoms with E-state index in [1.807, 2.05) is 27.7 Å². The molecule has 1 aliphatic rings. The number of aromatic hydroxyl groups is 1. The normalized spacial score (nSPS) is 19.4. The number of rotatable bonds is 5. The maximum absolute atomic E-state index is 11.3. The fraction of sp³-hybridized carbons (Fsp3) is 0.471. The smallest absolute Gasteiger partial charge is 0.491 e. The number of carbonyl (C=O) groups is 1. The summed E-state index contributed by atoms with van der Waals surface area (Å²) < 4.78 is 17.1. The Kier molecular flexibility index (Phi) is 5.08. The largest absolute Gasteiger partial charge is 0.504 e. The fourth-order valence-corrected chi connectivity index (χ4v) is 2.41. The molecule has 0 unspecified atom stereocenters. The van der Waals surface area contributed by atoms with Gasteiger partial charge in [-0.15, -0.1) is 0 Å². The van der Waals surface area contributed by atoms with Crippen molar-refractivity contribution in [3.63, 3.8) is 0 Å². The number of ether oxygens (including phenoxy) is 1. The minimum Gasteiger partial charge on any atom is -0.504 e. The molecule has 0 atom stereocenters. The van der Waals surface area contributed by atoms with Gasteiger partial charge >= 0.3 is 7.12 Å². The van der Waals surface area contributed by atoms with Gasteiger partial charge in [-0.05, 0) is 50.9 Å². The molecule has 1 aliphatic heterocycles. The minimum absolute atomic E-state index is 0.0957. The SMILES string of the molecule is COc1cc(C=C(CN)B2OC(C)(C)C(C)(C)O2)c(C=O)cc1O. The van der Waals surface area contributed by atoms with Gasteiger partial charge in [0.25, 0.3) is 0 Å². The van der Waals surface area contributed by atoms with Crippen LogP contribution in [-0.4, -0.2) is 43.4 Å². The molecule has 130 valence electrons. The molecular formula is C17H24BNO5. The second-order valence-electron chi connectivity index (χ2n) is 6.78. The van der Waals surface area contributed by atoms with E-state index < -0.39 is 18.3 Å². The van der Waals surface area contributed by atoms with Crippen molar-refractivity contribution in [2.45, 2.75) is 38.9 Å². The van der Waals surface area contributed by atoms with Crippen LogP contribution in [0.5, 0.6) is 11.5 Å². The van der Waals surface area contributed by atoms with Gasteiger partial charge in [0.1, 0.15) is 0 Å².